The molecule has 5 rings (SSSR count). The monoisotopic (exact) mass is 442 g/mol. The van der Waals surface area contributed by atoms with Gasteiger partial charge in [0.25, 0.3) is 0 Å². The summed E-state index contributed by atoms with van der Waals surface area (Å²) in [5.41, 5.74) is 6.03. The van der Waals surface area contributed by atoms with E-state index in [0.29, 0.717) is 5.11 Å². The van der Waals surface area contributed by atoms with E-state index < -0.39 is 0 Å². The number of thiocarbonyl (C=S) groups is 1. The predicted molar refractivity (Wildman–Crippen MR) is 130 cm³/mol. The molecule has 32 heavy (non-hydrogen) atoms. The minimum atomic E-state index is -0.269. The average molecular weight is 443 g/mol. The Labute approximate surface area is 192 Å². The normalized spacial score (nSPS) is 18.1. The van der Waals surface area contributed by atoms with E-state index >= 15 is 0 Å². The zero-order chi connectivity index (χ0) is 22.2. The molecule has 0 radical (unpaired) electrons. The summed E-state index contributed by atoms with van der Waals surface area (Å²) in [7, 11) is 0. The maximum atomic E-state index is 14.0. The van der Waals surface area contributed by atoms with Crippen molar-refractivity contribution < 1.29 is 4.39 Å². The molecule has 4 aromatic rings. The van der Waals surface area contributed by atoms with Gasteiger partial charge in [-0.2, -0.15) is 0 Å². The van der Waals surface area contributed by atoms with Crippen molar-refractivity contribution in [2.24, 2.45) is 0 Å². The third kappa shape index (κ3) is 3.67. The van der Waals surface area contributed by atoms with Gasteiger partial charge in [0, 0.05) is 29.5 Å². The van der Waals surface area contributed by atoms with Gasteiger partial charge in [-0.15, -0.1) is 0 Å². The third-order valence-corrected chi connectivity index (χ3v) is 6.07. The SMILES string of the molecule is Cc1cc(C)cc(N2C(=S)N[C@H](c3ccccn3)[C@@H]2c2cccn2-c2cccc(F)c2)c1. The van der Waals surface area contributed by atoms with Crippen LogP contribution < -0.4 is 10.2 Å². The van der Waals surface area contributed by atoms with Gasteiger partial charge in [-0.1, -0.05) is 18.2 Å². The first-order valence-corrected chi connectivity index (χ1v) is 10.9. The lowest BCUT2D eigenvalue weighted by Gasteiger charge is -2.29. The molecule has 1 N–H and O–H groups in total. The van der Waals surface area contributed by atoms with Gasteiger partial charge in [0.2, 0.25) is 0 Å². The second-order valence-corrected chi connectivity index (χ2v) is 8.51. The van der Waals surface area contributed by atoms with E-state index in [4.69, 9.17) is 12.2 Å². The zero-order valence-electron chi connectivity index (χ0n) is 17.9. The Kier molecular flexibility index (Phi) is 5.23. The van der Waals surface area contributed by atoms with Crippen LogP contribution in [0, 0.1) is 19.7 Å². The largest absolute Gasteiger partial charge is 0.351 e. The molecule has 3 heterocycles. The first-order chi connectivity index (χ1) is 15.5. The first kappa shape index (κ1) is 20.4. The van der Waals surface area contributed by atoms with Crippen molar-refractivity contribution in [3.63, 3.8) is 0 Å². The van der Waals surface area contributed by atoms with Crippen LogP contribution in [-0.2, 0) is 0 Å². The number of nitrogens with one attached hydrogen (secondary N) is 1. The third-order valence-electron chi connectivity index (χ3n) is 5.75. The van der Waals surface area contributed by atoms with Crippen LogP contribution in [0.5, 0.6) is 0 Å². The predicted octanol–water partition coefficient (Wildman–Crippen LogP) is 5.81. The van der Waals surface area contributed by atoms with E-state index in [2.05, 4.69) is 53.3 Å². The molecule has 0 amide bonds. The van der Waals surface area contributed by atoms with Crippen LogP contribution in [0.2, 0.25) is 0 Å². The number of aromatic nitrogens is 2. The molecule has 2 aromatic carbocycles. The Morgan fingerprint density at radius 3 is 2.44 bits per heavy atom. The number of pyridine rings is 1. The molecule has 0 bridgehead atoms. The number of rotatable bonds is 4. The van der Waals surface area contributed by atoms with Gasteiger partial charge in [-0.05, 0) is 91.8 Å². The standard InChI is InChI=1S/C26H23FN4S/c1-17-13-18(2)15-21(14-17)31-25(24(29-26(31)32)22-9-3-4-11-28-22)23-10-6-12-30(23)20-8-5-7-19(27)16-20/h3-16,24-25H,1-2H3,(H,29,32)/t24-,25+/m1/s1. The zero-order valence-corrected chi connectivity index (χ0v) is 18.7. The maximum Gasteiger partial charge on any atom is 0.174 e. The highest BCUT2D eigenvalue weighted by Crippen LogP contribution is 2.42. The summed E-state index contributed by atoms with van der Waals surface area (Å²) in [5, 5.41) is 4.13. The summed E-state index contributed by atoms with van der Waals surface area (Å²) in [5.74, 6) is -0.269. The minimum Gasteiger partial charge on any atom is -0.351 e. The Morgan fingerprint density at radius 1 is 0.906 bits per heavy atom. The maximum absolute atomic E-state index is 14.0. The van der Waals surface area contributed by atoms with Crippen LogP contribution in [0.15, 0.2) is 85.2 Å². The highest BCUT2D eigenvalue weighted by atomic mass is 32.1. The minimum absolute atomic E-state index is 0.160. The molecule has 1 aliphatic rings. The fourth-order valence-electron chi connectivity index (χ4n) is 4.52. The molecule has 0 saturated carbocycles. The van der Waals surface area contributed by atoms with Crippen LogP contribution >= 0.6 is 12.2 Å². The topological polar surface area (TPSA) is 33.1 Å². The summed E-state index contributed by atoms with van der Waals surface area (Å²) in [6, 6.07) is 22.7. The van der Waals surface area contributed by atoms with Crippen molar-refractivity contribution in [3.8, 4) is 5.69 Å². The van der Waals surface area contributed by atoms with Crippen LogP contribution in [0.1, 0.15) is 34.6 Å². The second-order valence-electron chi connectivity index (χ2n) is 8.13. The van der Waals surface area contributed by atoms with Crippen LogP contribution in [0.25, 0.3) is 5.69 Å². The fraction of sp³-hybridized carbons (Fsp3) is 0.154. The van der Waals surface area contributed by atoms with E-state index in [9.17, 15) is 4.39 Å². The quantitative estimate of drug-likeness (QED) is 0.405. The lowest BCUT2D eigenvalue weighted by molar-refractivity contribution is 0.548. The molecule has 4 nitrogen and oxygen atoms in total. The summed E-state index contributed by atoms with van der Waals surface area (Å²) in [4.78, 5) is 6.77. The van der Waals surface area contributed by atoms with Crippen molar-refractivity contribution in [1.82, 2.24) is 14.9 Å². The number of aryl methyl sites for hydroxylation is 2. The van der Waals surface area contributed by atoms with E-state index in [1.807, 2.05) is 41.1 Å². The Morgan fingerprint density at radius 2 is 1.72 bits per heavy atom. The Hall–Kier alpha value is -3.51. The molecule has 2 atom stereocenters. The van der Waals surface area contributed by atoms with Crippen molar-refractivity contribution in [2.75, 3.05) is 4.90 Å². The lowest BCUT2D eigenvalue weighted by atomic mass is 10.00. The van der Waals surface area contributed by atoms with Crippen molar-refractivity contribution in [2.45, 2.75) is 25.9 Å². The molecule has 160 valence electrons. The number of nitrogens with zero attached hydrogens (tertiary/aromatic N) is 3. The van der Waals surface area contributed by atoms with E-state index in [0.717, 1.165) is 22.8 Å². The van der Waals surface area contributed by atoms with Crippen molar-refractivity contribution >= 4 is 23.0 Å². The number of halogens is 1. The molecule has 0 aliphatic carbocycles. The van der Waals surface area contributed by atoms with Crippen molar-refractivity contribution in [3.05, 3.63) is 114 Å². The van der Waals surface area contributed by atoms with E-state index in [-0.39, 0.29) is 17.9 Å². The summed E-state index contributed by atoms with van der Waals surface area (Å²) < 4.78 is 16.1. The second kappa shape index (κ2) is 8.20. The number of anilines is 1. The van der Waals surface area contributed by atoms with Crippen LogP contribution in [0.3, 0.4) is 0 Å². The summed E-state index contributed by atoms with van der Waals surface area (Å²) in [6.07, 6.45) is 3.75. The van der Waals surface area contributed by atoms with Gasteiger partial charge in [0.1, 0.15) is 11.9 Å². The molecule has 0 spiro atoms. The number of hydrogen-bond donors (Lipinski definition) is 1. The number of benzene rings is 2. The summed E-state index contributed by atoms with van der Waals surface area (Å²) in [6.45, 7) is 4.17. The highest BCUT2D eigenvalue weighted by molar-refractivity contribution is 7.80. The molecular weight excluding hydrogens is 419 g/mol. The fourth-order valence-corrected chi connectivity index (χ4v) is 4.87. The van der Waals surface area contributed by atoms with Crippen LogP contribution in [0.4, 0.5) is 10.1 Å². The first-order valence-electron chi connectivity index (χ1n) is 10.5. The average Bonchev–Trinajstić information content (AvgIpc) is 3.38. The van der Waals surface area contributed by atoms with E-state index in [1.165, 1.54) is 17.2 Å². The van der Waals surface area contributed by atoms with Gasteiger partial charge < -0.3 is 14.8 Å². The number of hydrogen-bond acceptors (Lipinski definition) is 2. The van der Waals surface area contributed by atoms with Crippen molar-refractivity contribution in [1.29, 1.82) is 0 Å². The smallest absolute Gasteiger partial charge is 0.174 e. The van der Waals surface area contributed by atoms with Gasteiger partial charge in [0.15, 0.2) is 5.11 Å². The van der Waals surface area contributed by atoms with Gasteiger partial charge in [-0.25, -0.2) is 4.39 Å². The molecular formula is C26H23FN4S. The Balaban J connectivity index is 1.69. The molecule has 1 fully saturated rings. The molecule has 2 aromatic heterocycles. The molecule has 6 heteroatoms. The Bertz CT molecular complexity index is 1260. The van der Waals surface area contributed by atoms with E-state index in [1.54, 1.807) is 18.3 Å². The highest BCUT2D eigenvalue weighted by Gasteiger charge is 2.42. The molecule has 0 unspecified atom stereocenters. The summed E-state index contributed by atoms with van der Waals surface area (Å²) >= 11 is 5.84. The van der Waals surface area contributed by atoms with Crippen LogP contribution in [-0.4, -0.2) is 14.7 Å². The van der Waals surface area contributed by atoms with Gasteiger partial charge in [-0.3, -0.25) is 4.98 Å². The van der Waals surface area contributed by atoms with Gasteiger partial charge in [0.05, 0.1) is 11.7 Å². The lowest BCUT2D eigenvalue weighted by Crippen LogP contribution is -2.30. The molecule has 1 aliphatic heterocycles. The van der Waals surface area contributed by atoms with Gasteiger partial charge >= 0.3 is 0 Å². The molecule has 1 saturated heterocycles.